The zero-order valence-electron chi connectivity index (χ0n) is 8.87. The van der Waals surface area contributed by atoms with Crippen molar-refractivity contribution in [3.63, 3.8) is 0 Å². The van der Waals surface area contributed by atoms with Gasteiger partial charge in [0, 0.05) is 4.47 Å². The third-order valence-corrected chi connectivity index (χ3v) is 3.80. The van der Waals surface area contributed by atoms with Crippen LogP contribution in [0.25, 0.3) is 0 Å². The van der Waals surface area contributed by atoms with E-state index in [1.54, 1.807) is 0 Å². The Hall–Kier alpha value is -0.870. The van der Waals surface area contributed by atoms with E-state index in [4.69, 9.17) is 0 Å². The molecule has 86 valence electrons. The fourth-order valence-corrected chi connectivity index (χ4v) is 2.86. The molecule has 0 aliphatic carbocycles. The van der Waals surface area contributed by atoms with Crippen LogP contribution in [0.1, 0.15) is 24.8 Å². The van der Waals surface area contributed by atoms with Gasteiger partial charge in [-0.25, -0.2) is 4.79 Å². The Morgan fingerprint density at radius 2 is 2.12 bits per heavy atom. The summed E-state index contributed by atoms with van der Waals surface area (Å²) in [5, 5.41) is 12.6. The molecule has 2 rings (SSSR count). The number of rotatable bonds is 2. The summed E-state index contributed by atoms with van der Waals surface area (Å²) >= 11 is 3.43. The molecule has 1 heterocycles. The molecule has 2 N–H and O–H groups in total. The van der Waals surface area contributed by atoms with Crippen LogP contribution in [0.3, 0.4) is 0 Å². The Balaban J connectivity index is 2.47. The third-order valence-electron chi connectivity index (χ3n) is 3.10. The average molecular weight is 284 g/mol. The lowest BCUT2D eigenvalue weighted by atomic mass is 9.82. The summed E-state index contributed by atoms with van der Waals surface area (Å²) < 4.78 is 0.854. The smallest absolute Gasteiger partial charge is 0.328 e. The number of benzene rings is 1. The van der Waals surface area contributed by atoms with E-state index >= 15 is 0 Å². The molecule has 1 fully saturated rings. The van der Waals surface area contributed by atoms with Crippen LogP contribution in [0, 0.1) is 0 Å². The summed E-state index contributed by atoms with van der Waals surface area (Å²) in [4.78, 5) is 11.5. The van der Waals surface area contributed by atoms with Gasteiger partial charge in [0.15, 0.2) is 0 Å². The van der Waals surface area contributed by atoms with Gasteiger partial charge < -0.3 is 5.11 Å². The van der Waals surface area contributed by atoms with Crippen LogP contribution in [0.2, 0.25) is 0 Å². The average Bonchev–Trinajstić information content (AvgIpc) is 2.30. The second-order valence-corrected chi connectivity index (χ2v) is 4.93. The number of piperidine rings is 1. The van der Waals surface area contributed by atoms with Gasteiger partial charge in [-0.2, -0.15) is 0 Å². The molecule has 0 bridgehead atoms. The van der Waals surface area contributed by atoms with Crippen LogP contribution in [0.15, 0.2) is 28.7 Å². The van der Waals surface area contributed by atoms with Crippen LogP contribution in [0.4, 0.5) is 0 Å². The molecule has 0 radical (unpaired) electrons. The summed E-state index contributed by atoms with van der Waals surface area (Å²) in [6.07, 6.45) is 2.63. The normalized spacial score (nSPS) is 25.3. The van der Waals surface area contributed by atoms with E-state index < -0.39 is 11.5 Å². The Labute approximate surface area is 103 Å². The molecule has 1 atom stereocenters. The first-order chi connectivity index (χ1) is 7.67. The van der Waals surface area contributed by atoms with Crippen molar-refractivity contribution in [2.24, 2.45) is 0 Å². The summed E-state index contributed by atoms with van der Waals surface area (Å²) in [5.74, 6) is -0.792. The highest BCUT2D eigenvalue weighted by molar-refractivity contribution is 9.10. The molecule has 0 spiro atoms. The molecule has 1 aliphatic heterocycles. The number of hydrogen-bond donors (Lipinski definition) is 2. The molecular weight excluding hydrogens is 270 g/mol. The molecule has 3 nitrogen and oxygen atoms in total. The first kappa shape index (κ1) is 11.6. The van der Waals surface area contributed by atoms with E-state index in [9.17, 15) is 9.90 Å². The summed E-state index contributed by atoms with van der Waals surface area (Å²) in [5.41, 5.74) is -0.0968. The monoisotopic (exact) mass is 283 g/mol. The molecule has 1 unspecified atom stereocenters. The zero-order chi connectivity index (χ0) is 11.6. The molecule has 16 heavy (non-hydrogen) atoms. The minimum absolute atomic E-state index is 0.644. The maximum Gasteiger partial charge on any atom is 0.328 e. The van der Waals surface area contributed by atoms with Gasteiger partial charge >= 0.3 is 5.97 Å². The van der Waals surface area contributed by atoms with Gasteiger partial charge in [-0.3, -0.25) is 5.32 Å². The number of aliphatic carboxylic acids is 1. The SMILES string of the molecule is O=C(O)C1(c2ccccc2Br)CCCCN1. The first-order valence-corrected chi connectivity index (χ1v) is 6.19. The maximum atomic E-state index is 11.5. The van der Waals surface area contributed by atoms with Gasteiger partial charge in [-0.05, 0) is 37.4 Å². The van der Waals surface area contributed by atoms with E-state index in [0.717, 1.165) is 29.4 Å². The highest BCUT2D eigenvalue weighted by Gasteiger charge is 2.42. The number of hydrogen-bond acceptors (Lipinski definition) is 2. The van der Waals surface area contributed by atoms with Crippen LogP contribution in [-0.2, 0) is 10.3 Å². The van der Waals surface area contributed by atoms with Crippen molar-refractivity contribution < 1.29 is 9.90 Å². The molecule has 0 saturated carbocycles. The van der Waals surface area contributed by atoms with Crippen LogP contribution >= 0.6 is 15.9 Å². The minimum Gasteiger partial charge on any atom is -0.480 e. The lowest BCUT2D eigenvalue weighted by molar-refractivity contribution is -0.146. The van der Waals surface area contributed by atoms with Crippen molar-refractivity contribution in [2.45, 2.75) is 24.8 Å². The summed E-state index contributed by atoms with van der Waals surface area (Å²) in [7, 11) is 0. The Kier molecular flexibility index (Phi) is 3.30. The Bertz CT molecular complexity index is 400. The Morgan fingerprint density at radius 3 is 2.69 bits per heavy atom. The molecule has 0 amide bonds. The summed E-state index contributed by atoms with van der Waals surface area (Å²) in [6.45, 7) is 0.758. The van der Waals surface area contributed by atoms with E-state index in [2.05, 4.69) is 21.2 Å². The van der Waals surface area contributed by atoms with Gasteiger partial charge in [0.2, 0.25) is 0 Å². The van der Waals surface area contributed by atoms with Crippen molar-refractivity contribution in [3.05, 3.63) is 34.3 Å². The largest absolute Gasteiger partial charge is 0.480 e. The van der Waals surface area contributed by atoms with Gasteiger partial charge in [-0.1, -0.05) is 34.1 Å². The van der Waals surface area contributed by atoms with Crippen molar-refractivity contribution in [2.75, 3.05) is 6.54 Å². The number of nitrogens with one attached hydrogen (secondary N) is 1. The van der Waals surface area contributed by atoms with Crippen molar-refractivity contribution in [1.82, 2.24) is 5.32 Å². The highest BCUT2D eigenvalue weighted by Crippen LogP contribution is 2.35. The number of carboxylic acid groups (broad SMARTS) is 1. The van der Waals surface area contributed by atoms with E-state index in [0.29, 0.717) is 6.42 Å². The van der Waals surface area contributed by atoms with Crippen molar-refractivity contribution in [1.29, 1.82) is 0 Å². The predicted molar refractivity (Wildman–Crippen MR) is 65.3 cm³/mol. The van der Waals surface area contributed by atoms with Gasteiger partial charge in [0.05, 0.1) is 0 Å². The van der Waals surface area contributed by atoms with Crippen LogP contribution < -0.4 is 5.32 Å². The van der Waals surface area contributed by atoms with Crippen LogP contribution in [-0.4, -0.2) is 17.6 Å². The molecule has 4 heteroatoms. The number of carbonyl (C=O) groups is 1. The molecule has 1 aromatic carbocycles. The quantitative estimate of drug-likeness (QED) is 0.877. The highest BCUT2D eigenvalue weighted by atomic mass is 79.9. The van der Waals surface area contributed by atoms with Crippen LogP contribution in [0.5, 0.6) is 0 Å². The van der Waals surface area contributed by atoms with Gasteiger partial charge in [0.1, 0.15) is 5.54 Å². The number of halogens is 1. The molecular formula is C12H14BrNO2. The minimum atomic E-state index is -0.918. The van der Waals surface area contributed by atoms with Crippen molar-refractivity contribution >= 4 is 21.9 Å². The van der Waals surface area contributed by atoms with Gasteiger partial charge in [0.25, 0.3) is 0 Å². The second-order valence-electron chi connectivity index (χ2n) is 4.07. The predicted octanol–water partition coefficient (Wildman–Crippen LogP) is 2.50. The van der Waals surface area contributed by atoms with Gasteiger partial charge in [-0.15, -0.1) is 0 Å². The maximum absolute atomic E-state index is 11.5. The lowest BCUT2D eigenvalue weighted by Crippen LogP contribution is -2.52. The topological polar surface area (TPSA) is 49.3 Å². The summed E-state index contributed by atoms with van der Waals surface area (Å²) in [6, 6.07) is 7.53. The molecule has 1 saturated heterocycles. The molecule has 0 aromatic heterocycles. The van der Waals surface area contributed by atoms with Crippen molar-refractivity contribution in [3.8, 4) is 0 Å². The third kappa shape index (κ3) is 1.87. The zero-order valence-corrected chi connectivity index (χ0v) is 10.5. The van der Waals surface area contributed by atoms with E-state index in [1.165, 1.54) is 0 Å². The van der Waals surface area contributed by atoms with E-state index in [1.807, 2.05) is 24.3 Å². The Morgan fingerprint density at radius 1 is 1.38 bits per heavy atom. The number of carboxylic acids is 1. The fourth-order valence-electron chi connectivity index (χ4n) is 2.24. The first-order valence-electron chi connectivity index (χ1n) is 5.40. The molecule has 1 aromatic rings. The second kappa shape index (κ2) is 4.55. The van der Waals surface area contributed by atoms with E-state index in [-0.39, 0.29) is 0 Å². The standard InChI is InChI=1S/C12H14BrNO2/c13-10-6-2-1-5-9(10)12(11(15)16)7-3-4-8-14-12/h1-2,5-6,14H,3-4,7-8H2,(H,15,16). The lowest BCUT2D eigenvalue weighted by Gasteiger charge is -2.35. The molecule has 1 aliphatic rings. The fraction of sp³-hybridized carbons (Fsp3) is 0.417.